The molecule has 1 aromatic carbocycles. The van der Waals surface area contributed by atoms with E-state index in [2.05, 4.69) is 5.32 Å². The summed E-state index contributed by atoms with van der Waals surface area (Å²) in [6.07, 6.45) is 6.88. The summed E-state index contributed by atoms with van der Waals surface area (Å²) < 4.78 is 30.5. The van der Waals surface area contributed by atoms with Crippen LogP contribution in [-0.4, -0.2) is 61.9 Å². The molecule has 1 N–H and O–H groups in total. The smallest absolute Gasteiger partial charge is 0.410 e. The Balaban J connectivity index is 1.89. The number of amides is 1. The summed E-state index contributed by atoms with van der Waals surface area (Å²) in [4.78, 5) is 40.5. The molecule has 1 aromatic rings. The maximum atomic E-state index is 15.3. The molecule has 2 aliphatic heterocycles. The molecule has 0 aliphatic carbocycles. The Morgan fingerprint density at radius 3 is 2.31 bits per heavy atom. The average Bonchev–Trinajstić information content (AvgIpc) is 3.05. The molecule has 194 valence electrons. The Bertz CT molecular complexity index is 1100. The van der Waals surface area contributed by atoms with E-state index in [1.54, 1.807) is 29.2 Å². The van der Waals surface area contributed by atoms with Crippen molar-refractivity contribution in [2.45, 2.75) is 45.3 Å². The molecule has 0 saturated carbocycles. The highest BCUT2D eigenvalue weighted by atomic mass is 19.1. The molecule has 10 heteroatoms. The lowest BCUT2D eigenvalue weighted by molar-refractivity contribution is -0.139. The summed E-state index contributed by atoms with van der Waals surface area (Å²) >= 11 is 0. The number of nitrogens with zero attached hydrogens (tertiary/aromatic N) is 2. The van der Waals surface area contributed by atoms with Crippen molar-refractivity contribution >= 4 is 29.4 Å². The van der Waals surface area contributed by atoms with Crippen LogP contribution in [0.25, 0.3) is 0 Å². The fourth-order valence-corrected chi connectivity index (χ4v) is 3.97. The fourth-order valence-electron chi connectivity index (χ4n) is 3.97. The van der Waals surface area contributed by atoms with Gasteiger partial charge in [0.2, 0.25) is 0 Å². The van der Waals surface area contributed by atoms with E-state index < -0.39 is 23.4 Å². The summed E-state index contributed by atoms with van der Waals surface area (Å²) in [5.74, 6) is -2.20. The zero-order valence-electron chi connectivity index (χ0n) is 21.2. The van der Waals surface area contributed by atoms with Gasteiger partial charge in [-0.25, -0.2) is 18.8 Å². The molecule has 0 radical (unpaired) electrons. The zero-order valence-corrected chi connectivity index (χ0v) is 21.2. The number of esters is 2. The summed E-state index contributed by atoms with van der Waals surface area (Å²) in [6.45, 7) is 6.41. The molecule has 0 atom stereocenters. The third kappa shape index (κ3) is 6.24. The van der Waals surface area contributed by atoms with Crippen molar-refractivity contribution in [1.82, 2.24) is 4.90 Å². The topological polar surface area (TPSA) is 97.4 Å². The number of likely N-dealkylation sites (tertiary alicyclic amines) is 1. The van der Waals surface area contributed by atoms with Crippen molar-refractivity contribution in [3.05, 3.63) is 59.7 Å². The van der Waals surface area contributed by atoms with Gasteiger partial charge in [-0.3, -0.25) is 0 Å². The molecule has 36 heavy (non-hydrogen) atoms. The van der Waals surface area contributed by atoms with Gasteiger partial charge in [0.15, 0.2) is 0 Å². The van der Waals surface area contributed by atoms with E-state index in [0.717, 1.165) is 0 Å². The summed E-state index contributed by atoms with van der Waals surface area (Å²) in [6, 6.07) is 4.45. The lowest BCUT2D eigenvalue weighted by Gasteiger charge is -2.35. The number of ether oxygens (including phenoxy) is 3. The Hall–Kier alpha value is -3.82. The molecule has 2 aliphatic rings. The van der Waals surface area contributed by atoms with Gasteiger partial charge in [0, 0.05) is 25.3 Å². The number of nitrogens with one attached hydrogen (secondary N) is 1. The molecule has 3 rings (SSSR count). The van der Waals surface area contributed by atoms with Gasteiger partial charge < -0.3 is 29.3 Å². The van der Waals surface area contributed by atoms with E-state index in [0.29, 0.717) is 31.6 Å². The fraction of sp³-hybridized carbons (Fsp3) is 0.423. The molecule has 9 nitrogen and oxygen atoms in total. The molecular formula is C26H32FN3O6. The van der Waals surface area contributed by atoms with Crippen LogP contribution in [0.2, 0.25) is 0 Å². The molecule has 1 saturated heterocycles. The quantitative estimate of drug-likeness (QED) is 0.475. The molecule has 0 aromatic heterocycles. The molecule has 0 unspecified atom stereocenters. The minimum Gasteiger partial charge on any atom is -0.465 e. The average molecular weight is 502 g/mol. The molecule has 1 amide bonds. The third-order valence-electron chi connectivity index (χ3n) is 5.62. The van der Waals surface area contributed by atoms with Gasteiger partial charge >= 0.3 is 18.0 Å². The van der Waals surface area contributed by atoms with E-state index >= 15 is 4.39 Å². The summed E-state index contributed by atoms with van der Waals surface area (Å²) in [5.41, 5.74) is -0.361. The lowest BCUT2D eigenvalue weighted by Crippen LogP contribution is -2.44. The van der Waals surface area contributed by atoms with E-state index in [-0.39, 0.29) is 29.1 Å². The van der Waals surface area contributed by atoms with Gasteiger partial charge in [0.1, 0.15) is 22.8 Å². The number of rotatable bonds is 5. The van der Waals surface area contributed by atoms with Crippen molar-refractivity contribution in [2.75, 3.05) is 37.5 Å². The highest BCUT2D eigenvalue weighted by Crippen LogP contribution is 2.36. The zero-order chi connectivity index (χ0) is 26.5. The van der Waals surface area contributed by atoms with Crippen LogP contribution in [0.4, 0.5) is 20.6 Å². The maximum absolute atomic E-state index is 15.3. The first-order valence-corrected chi connectivity index (χ1v) is 11.6. The van der Waals surface area contributed by atoms with Crippen LogP contribution < -0.4 is 10.2 Å². The highest BCUT2D eigenvalue weighted by Gasteiger charge is 2.32. The normalized spacial score (nSPS) is 16.5. The van der Waals surface area contributed by atoms with Gasteiger partial charge in [-0.15, -0.1) is 0 Å². The molecule has 1 fully saturated rings. The SMILES string of the molecule is COC(=O)C1=C(C(=O)OC)N(c2c(F)cccc2NC2CCN(C(=O)OC(C)(C)C)CC2)C=CC=C1. The van der Waals surface area contributed by atoms with Crippen molar-refractivity contribution < 1.29 is 33.0 Å². The van der Waals surface area contributed by atoms with Crippen molar-refractivity contribution in [1.29, 1.82) is 0 Å². The van der Waals surface area contributed by atoms with Gasteiger partial charge in [0.05, 0.1) is 25.5 Å². The summed E-state index contributed by atoms with van der Waals surface area (Å²) in [7, 11) is 2.38. The Morgan fingerprint density at radius 2 is 1.69 bits per heavy atom. The highest BCUT2D eigenvalue weighted by molar-refractivity contribution is 6.06. The number of benzene rings is 1. The number of para-hydroxylation sites is 1. The number of carbonyl (C=O) groups excluding carboxylic acids is 3. The van der Waals surface area contributed by atoms with Crippen molar-refractivity contribution in [3.8, 4) is 0 Å². The Kier molecular flexibility index (Phi) is 8.39. The van der Waals surface area contributed by atoms with Crippen molar-refractivity contribution in [2.24, 2.45) is 0 Å². The number of carbonyl (C=O) groups is 3. The number of halogens is 1. The van der Waals surface area contributed by atoms with Crippen LogP contribution in [0, 0.1) is 5.82 Å². The van der Waals surface area contributed by atoms with E-state index in [1.165, 1.54) is 37.5 Å². The molecular weight excluding hydrogens is 469 g/mol. The number of hydrogen-bond donors (Lipinski definition) is 1. The molecule has 2 heterocycles. The Labute approximate surface area is 210 Å². The van der Waals surface area contributed by atoms with Crippen LogP contribution in [0.15, 0.2) is 53.9 Å². The van der Waals surface area contributed by atoms with E-state index in [4.69, 9.17) is 14.2 Å². The second-order valence-corrected chi connectivity index (χ2v) is 9.34. The van der Waals surface area contributed by atoms with Gasteiger partial charge in [0.25, 0.3) is 0 Å². The molecule has 0 spiro atoms. The lowest BCUT2D eigenvalue weighted by atomic mass is 10.0. The monoisotopic (exact) mass is 501 g/mol. The van der Waals surface area contributed by atoms with Crippen LogP contribution in [-0.2, 0) is 23.8 Å². The third-order valence-corrected chi connectivity index (χ3v) is 5.62. The minimum absolute atomic E-state index is 0.0498. The van der Waals surface area contributed by atoms with Gasteiger partial charge in [-0.2, -0.15) is 0 Å². The van der Waals surface area contributed by atoms with Crippen molar-refractivity contribution in [3.63, 3.8) is 0 Å². The van der Waals surface area contributed by atoms with Crippen LogP contribution >= 0.6 is 0 Å². The minimum atomic E-state index is -0.827. The summed E-state index contributed by atoms with van der Waals surface area (Å²) in [5, 5.41) is 3.35. The predicted molar refractivity (Wildman–Crippen MR) is 133 cm³/mol. The van der Waals surface area contributed by atoms with E-state index in [1.807, 2.05) is 20.8 Å². The first kappa shape index (κ1) is 26.8. The first-order valence-electron chi connectivity index (χ1n) is 11.6. The van der Waals surface area contributed by atoms with E-state index in [9.17, 15) is 14.4 Å². The number of allylic oxidation sites excluding steroid dienone is 2. The Morgan fingerprint density at radius 1 is 1.03 bits per heavy atom. The first-order chi connectivity index (χ1) is 17.1. The number of hydrogen-bond acceptors (Lipinski definition) is 8. The number of piperidine rings is 1. The predicted octanol–water partition coefficient (Wildman–Crippen LogP) is 4.13. The number of methoxy groups -OCH3 is 2. The second kappa shape index (κ2) is 11.3. The van der Waals surface area contributed by atoms with Crippen LogP contribution in [0.1, 0.15) is 33.6 Å². The second-order valence-electron chi connectivity index (χ2n) is 9.34. The largest absolute Gasteiger partial charge is 0.465 e. The van der Waals surface area contributed by atoms with Crippen LogP contribution in [0.3, 0.4) is 0 Å². The standard InChI is InChI=1S/C26H32FN3O6/c1-26(2,3)36-25(33)29-15-12-17(13-16-29)28-20-11-8-10-19(27)22(20)30-14-7-6-9-18(23(31)34-4)21(30)24(32)35-5/h6-11,14,17,28H,12-13,15-16H2,1-5H3. The van der Waals surface area contributed by atoms with Gasteiger partial charge in [-0.05, 0) is 57.9 Å². The maximum Gasteiger partial charge on any atom is 0.410 e. The molecule has 0 bridgehead atoms. The van der Waals surface area contributed by atoms with Crippen LogP contribution in [0.5, 0.6) is 0 Å². The number of anilines is 2. The van der Waals surface area contributed by atoms with Gasteiger partial charge in [-0.1, -0.05) is 12.1 Å².